The Balaban J connectivity index is 2.28. The molecule has 0 aliphatic rings. The first-order chi connectivity index (χ1) is 10.5. The highest BCUT2D eigenvalue weighted by atomic mass is 32.1. The zero-order valence-electron chi connectivity index (χ0n) is 13.1. The summed E-state index contributed by atoms with van der Waals surface area (Å²) in [5.74, 6) is 0.724. The third kappa shape index (κ3) is 2.31. The first-order valence-corrected chi connectivity index (χ1v) is 7.93. The summed E-state index contributed by atoms with van der Waals surface area (Å²) in [5, 5.41) is 1.92. The maximum Gasteiger partial charge on any atom is 0.194 e. The van der Waals surface area contributed by atoms with Crippen LogP contribution >= 0.6 is 11.3 Å². The van der Waals surface area contributed by atoms with Crippen LogP contribution in [-0.4, -0.2) is 22.8 Å². The zero-order valence-corrected chi connectivity index (χ0v) is 13.9. The summed E-state index contributed by atoms with van der Waals surface area (Å²) in [5.41, 5.74) is 3.27. The van der Waals surface area contributed by atoms with Crippen LogP contribution in [0.3, 0.4) is 0 Å². The fourth-order valence-electron chi connectivity index (χ4n) is 2.47. The van der Waals surface area contributed by atoms with Crippen LogP contribution in [0.4, 0.5) is 0 Å². The van der Waals surface area contributed by atoms with Crippen LogP contribution in [-0.2, 0) is 5.41 Å². The predicted octanol–water partition coefficient (Wildman–Crippen LogP) is 4.18. The van der Waals surface area contributed by atoms with E-state index in [9.17, 15) is 4.79 Å². The molecule has 4 nitrogen and oxygen atoms in total. The fraction of sp³-hybridized carbons (Fsp3) is 0.294. The average Bonchev–Trinajstić information content (AvgIpc) is 3.05. The van der Waals surface area contributed by atoms with Gasteiger partial charge in [0.15, 0.2) is 11.2 Å². The van der Waals surface area contributed by atoms with Crippen LogP contribution in [0.15, 0.2) is 29.8 Å². The van der Waals surface area contributed by atoms with Gasteiger partial charge in [-0.1, -0.05) is 26.8 Å². The minimum absolute atomic E-state index is 0.0134. The molecule has 2 heterocycles. The number of carbonyl (C=O) groups excluding carboxylic acids is 1. The molecule has 0 aliphatic carbocycles. The van der Waals surface area contributed by atoms with Crippen molar-refractivity contribution in [1.29, 1.82) is 0 Å². The number of hydrogen-bond donors (Lipinski definition) is 0. The van der Waals surface area contributed by atoms with Gasteiger partial charge in [0.25, 0.3) is 0 Å². The highest BCUT2D eigenvalue weighted by Gasteiger charge is 2.21. The molecular weight excluding hydrogens is 296 g/mol. The summed E-state index contributed by atoms with van der Waals surface area (Å²) in [7, 11) is 1.63. The molecule has 2 aromatic heterocycles. The van der Waals surface area contributed by atoms with Crippen LogP contribution in [0.2, 0.25) is 0 Å². The monoisotopic (exact) mass is 314 g/mol. The van der Waals surface area contributed by atoms with E-state index in [1.807, 2.05) is 22.0 Å². The van der Waals surface area contributed by atoms with E-state index in [2.05, 4.69) is 37.9 Å². The van der Waals surface area contributed by atoms with Crippen molar-refractivity contribution in [2.75, 3.05) is 7.11 Å². The van der Waals surface area contributed by atoms with Crippen molar-refractivity contribution in [3.05, 3.63) is 41.0 Å². The smallest absolute Gasteiger partial charge is 0.194 e. The van der Waals surface area contributed by atoms with Crippen LogP contribution in [0.25, 0.3) is 16.2 Å². The SMILES string of the molecule is COc1ccc(C(C)(C)C)cc1-c1nc2sccn2c1C=O. The molecule has 114 valence electrons. The molecule has 22 heavy (non-hydrogen) atoms. The predicted molar refractivity (Wildman–Crippen MR) is 89.1 cm³/mol. The van der Waals surface area contributed by atoms with Crippen molar-refractivity contribution in [1.82, 2.24) is 9.38 Å². The average molecular weight is 314 g/mol. The molecule has 0 saturated carbocycles. The third-order valence-corrected chi connectivity index (χ3v) is 4.49. The summed E-state index contributed by atoms with van der Waals surface area (Å²) in [6, 6.07) is 6.07. The lowest BCUT2D eigenvalue weighted by molar-refractivity contribution is 0.111. The Morgan fingerprint density at radius 1 is 1.32 bits per heavy atom. The Morgan fingerprint density at radius 2 is 2.09 bits per heavy atom. The van der Waals surface area contributed by atoms with Gasteiger partial charge in [-0.15, -0.1) is 11.3 Å². The van der Waals surface area contributed by atoms with Crippen molar-refractivity contribution in [3.8, 4) is 17.0 Å². The first-order valence-electron chi connectivity index (χ1n) is 7.05. The number of aromatic nitrogens is 2. The lowest BCUT2D eigenvalue weighted by atomic mass is 9.85. The number of methoxy groups -OCH3 is 1. The molecule has 3 aromatic rings. The van der Waals surface area contributed by atoms with E-state index >= 15 is 0 Å². The van der Waals surface area contributed by atoms with E-state index in [-0.39, 0.29) is 5.41 Å². The topological polar surface area (TPSA) is 43.6 Å². The Morgan fingerprint density at radius 3 is 2.73 bits per heavy atom. The number of nitrogens with zero attached hydrogens (tertiary/aromatic N) is 2. The Labute approximate surface area is 133 Å². The number of aldehydes is 1. The number of hydrogen-bond acceptors (Lipinski definition) is 4. The number of rotatable bonds is 3. The number of benzene rings is 1. The minimum Gasteiger partial charge on any atom is -0.496 e. The van der Waals surface area contributed by atoms with Gasteiger partial charge in [-0.25, -0.2) is 4.98 Å². The van der Waals surface area contributed by atoms with E-state index in [1.54, 1.807) is 7.11 Å². The van der Waals surface area contributed by atoms with Crippen LogP contribution in [0.1, 0.15) is 36.8 Å². The molecule has 0 atom stereocenters. The van der Waals surface area contributed by atoms with Crippen molar-refractivity contribution in [3.63, 3.8) is 0 Å². The van der Waals surface area contributed by atoms with E-state index in [0.29, 0.717) is 11.4 Å². The fourth-order valence-corrected chi connectivity index (χ4v) is 3.19. The molecule has 0 spiro atoms. The Kier molecular flexibility index (Phi) is 3.53. The lowest BCUT2D eigenvalue weighted by Gasteiger charge is -2.20. The van der Waals surface area contributed by atoms with Gasteiger partial charge in [0.2, 0.25) is 0 Å². The lowest BCUT2D eigenvalue weighted by Crippen LogP contribution is -2.11. The molecule has 0 bridgehead atoms. The number of carbonyl (C=O) groups is 1. The minimum atomic E-state index is 0.0134. The van der Waals surface area contributed by atoms with Gasteiger partial charge < -0.3 is 4.74 Å². The molecule has 0 radical (unpaired) electrons. The summed E-state index contributed by atoms with van der Waals surface area (Å²) in [4.78, 5) is 17.0. The molecule has 0 saturated heterocycles. The Hall–Kier alpha value is -2.14. The van der Waals surface area contributed by atoms with Crippen molar-refractivity contribution in [2.24, 2.45) is 0 Å². The highest BCUT2D eigenvalue weighted by Crippen LogP contribution is 2.36. The third-order valence-electron chi connectivity index (χ3n) is 3.73. The van der Waals surface area contributed by atoms with Gasteiger partial charge >= 0.3 is 0 Å². The van der Waals surface area contributed by atoms with Gasteiger partial charge in [-0.2, -0.15) is 0 Å². The van der Waals surface area contributed by atoms with Gasteiger partial charge in [0.05, 0.1) is 7.11 Å². The van der Waals surface area contributed by atoms with E-state index in [0.717, 1.165) is 22.6 Å². The largest absolute Gasteiger partial charge is 0.496 e. The van der Waals surface area contributed by atoms with Crippen LogP contribution in [0, 0.1) is 0 Å². The van der Waals surface area contributed by atoms with Crippen LogP contribution < -0.4 is 4.74 Å². The maximum atomic E-state index is 11.6. The van der Waals surface area contributed by atoms with Crippen molar-refractivity contribution < 1.29 is 9.53 Å². The second kappa shape index (κ2) is 5.25. The van der Waals surface area contributed by atoms with E-state index < -0.39 is 0 Å². The molecule has 0 amide bonds. The number of imidazole rings is 1. The van der Waals surface area contributed by atoms with Crippen molar-refractivity contribution >= 4 is 22.6 Å². The maximum absolute atomic E-state index is 11.6. The summed E-state index contributed by atoms with van der Waals surface area (Å²) >= 11 is 1.51. The van der Waals surface area contributed by atoms with Gasteiger partial charge in [0.1, 0.15) is 17.1 Å². The number of ether oxygens (including phenoxy) is 1. The first kappa shape index (κ1) is 14.8. The second-order valence-corrected chi connectivity index (χ2v) is 7.06. The van der Waals surface area contributed by atoms with E-state index in [1.165, 1.54) is 16.9 Å². The summed E-state index contributed by atoms with van der Waals surface area (Å²) in [6.07, 6.45) is 2.71. The summed E-state index contributed by atoms with van der Waals surface area (Å²) in [6.45, 7) is 6.47. The number of fused-ring (bicyclic) bond motifs is 1. The molecule has 1 aromatic carbocycles. The van der Waals surface area contributed by atoms with Gasteiger partial charge in [-0.05, 0) is 23.1 Å². The zero-order chi connectivity index (χ0) is 15.9. The molecular formula is C17H18N2O2S. The number of thiazole rings is 1. The van der Waals surface area contributed by atoms with Crippen LogP contribution in [0.5, 0.6) is 5.75 Å². The van der Waals surface area contributed by atoms with Gasteiger partial charge in [-0.3, -0.25) is 9.20 Å². The molecule has 0 fully saturated rings. The molecule has 0 aliphatic heterocycles. The van der Waals surface area contributed by atoms with Gasteiger partial charge in [0, 0.05) is 17.1 Å². The molecule has 0 N–H and O–H groups in total. The molecule has 5 heteroatoms. The quantitative estimate of drug-likeness (QED) is 0.681. The molecule has 3 rings (SSSR count). The van der Waals surface area contributed by atoms with Crippen molar-refractivity contribution in [2.45, 2.75) is 26.2 Å². The standard InChI is InChI=1S/C17H18N2O2S/c1-17(2,3)11-5-6-14(21-4)12(9-11)15-13(10-20)19-7-8-22-16(19)18-15/h5-10H,1-4H3. The van der Waals surface area contributed by atoms with E-state index in [4.69, 9.17) is 4.74 Å². The molecule has 0 unspecified atom stereocenters. The normalized spacial score (nSPS) is 11.8. The highest BCUT2D eigenvalue weighted by molar-refractivity contribution is 7.15. The Bertz CT molecular complexity index is 840. The second-order valence-electron chi connectivity index (χ2n) is 6.18. The summed E-state index contributed by atoms with van der Waals surface area (Å²) < 4.78 is 7.29.